The largest absolute Gasteiger partial charge is 0.294 e. The molecule has 0 bridgehead atoms. The first-order valence-electron chi connectivity index (χ1n) is 6.60. The summed E-state index contributed by atoms with van der Waals surface area (Å²) in [5.74, 6) is 0.426. The number of Topliss-reactive ketones (excluding diaryl/α,β-unsaturated/α-hetero) is 1. The van der Waals surface area contributed by atoms with Gasteiger partial charge in [0.25, 0.3) is 0 Å². The van der Waals surface area contributed by atoms with Gasteiger partial charge < -0.3 is 0 Å². The molecule has 1 nitrogen and oxygen atoms in total. The van der Waals surface area contributed by atoms with E-state index in [0.717, 1.165) is 29.3 Å². The number of hydrogen-bond acceptors (Lipinski definition) is 1. The van der Waals surface area contributed by atoms with Gasteiger partial charge in [-0.2, -0.15) is 0 Å². The Hall–Kier alpha value is -1.41. The summed E-state index contributed by atoms with van der Waals surface area (Å²) in [4.78, 5) is 12.6. The fourth-order valence-corrected chi connectivity index (χ4v) is 3.13. The van der Waals surface area contributed by atoms with Gasteiger partial charge in [0.1, 0.15) is 0 Å². The van der Waals surface area contributed by atoms with Gasteiger partial charge in [0.15, 0.2) is 5.78 Å². The average Bonchev–Trinajstić information content (AvgIpc) is 2.44. The summed E-state index contributed by atoms with van der Waals surface area (Å²) in [6, 6.07) is 16.3. The molecule has 1 unspecified atom stereocenters. The van der Waals surface area contributed by atoms with Crippen LogP contribution >= 0.6 is 15.9 Å². The number of carbonyl (C=O) groups excluding carboxylic acids is 1. The van der Waals surface area contributed by atoms with Crippen LogP contribution in [0.1, 0.15) is 27.9 Å². The first-order chi connectivity index (χ1) is 9.24. The monoisotopic (exact) mass is 314 g/mol. The number of ketones is 1. The molecule has 1 aliphatic rings. The highest BCUT2D eigenvalue weighted by Gasteiger charge is 2.27. The lowest BCUT2D eigenvalue weighted by molar-refractivity contribution is 0.0901. The van der Waals surface area contributed by atoms with Crippen LogP contribution in [-0.2, 0) is 12.8 Å². The molecule has 1 atom stereocenters. The molecule has 3 rings (SSSR count). The van der Waals surface area contributed by atoms with Gasteiger partial charge in [-0.05, 0) is 42.5 Å². The van der Waals surface area contributed by atoms with E-state index in [4.69, 9.17) is 0 Å². The standard InChI is InChI=1S/C17H15BrO/c18-15-9-8-13-6-7-14(17(19)16(13)11-15)10-12-4-2-1-3-5-12/h1-5,8-9,11,14H,6-7,10H2. The number of benzene rings is 2. The molecule has 0 fully saturated rings. The topological polar surface area (TPSA) is 17.1 Å². The molecule has 96 valence electrons. The minimum atomic E-state index is 0.129. The van der Waals surface area contributed by atoms with E-state index in [1.807, 2.05) is 30.3 Å². The number of hydrogen-bond donors (Lipinski definition) is 0. The van der Waals surface area contributed by atoms with Crippen LogP contribution in [0.4, 0.5) is 0 Å². The van der Waals surface area contributed by atoms with E-state index in [9.17, 15) is 4.79 Å². The van der Waals surface area contributed by atoms with Crippen molar-refractivity contribution < 1.29 is 4.79 Å². The normalized spacial score (nSPS) is 18.2. The van der Waals surface area contributed by atoms with Crippen molar-refractivity contribution in [1.29, 1.82) is 0 Å². The van der Waals surface area contributed by atoms with E-state index < -0.39 is 0 Å². The fourth-order valence-electron chi connectivity index (χ4n) is 2.77. The first kappa shape index (κ1) is 12.6. The van der Waals surface area contributed by atoms with Crippen molar-refractivity contribution in [2.45, 2.75) is 19.3 Å². The molecule has 0 N–H and O–H groups in total. The molecular formula is C17H15BrO. The van der Waals surface area contributed by atoms with Crippen molar-refractivity contribution in [2.75, 3.05) is 0 Å². The Morgan fingerprint density at radius 1 is 1.11 bits per heavy atom. The zero-order valence-corrected chi connectivity index (χ0v) is 12.2. The maximum Gasteiger partial charge on any atom is 0.166 e. The van der Waals surface area contributed by atoms with Gasteiger partial charge in [-0.3, -0.25) is 4.79 Å². The predicted octanol–water partition coefficient (Wildman–Crippen LogP) is 4.44. The summed E-state index contributed by atoms with van der Waals surface area (Å²) in [5, 5.41) is 0. The van der Waals surface area contributed by atoms with Crippen molar-refractivity contribution in [3.05, 3.63) is 69.7 Å². The Bertz CT molecular complexity index is 604. The fraction of sp³-hybridized carbons (Fsp3) is 0.235. The summed E-state index contributed by atoms with van der Waals surface area (Å²) in [7, 11) is 0. The molecule has 0 aliphatic heterocycles. The molecule has 0 radical (unpaired) electrons. The highest BCUT2D eigenvalue weighted by molar-refractivity contribution is 9.10. The van der Waals surface area contributed by atoms with Gasteiger partial charge in [-0.15, -0.1) is 0 Å². The van der Waals surface area contributed by atoms with Crippen LogP contribution in [0.25, 0.3) is 0 Å². The Labute approximate surface area is 121 Å². The quantitative estimate of drug-likeness (QED) is 0.801. The van der Waals surface area contributed by atoms with Crippen LogP contribution in [0.15, 0.2) is 53.0 Å². The summed E-state index contributed by atoms with van der Waals surface area (Å²) >= 11 is 3.45. The van der Waals surface area contributed by atoms with E-state index in [-0.39, 0.29) is 5.92 Å². The van der Waals surface area contributed by atoms with Crippen LogP contribution < -0.4 is 0 Å². The highest BCUT2D eigenvalue weighted by atomic mass is 79.9. The van der Waals surface area contributed by atoms with Crippen LogP contribution in [0.3, 0.4) is 0 Å². The van der Waals surface area contributed by atoms with Crippen LogP contribution in [-0.4, -0.2) is 5.78 Å². The van der Waals surface area contributed by atoms with E-state index in [1.165, 1.54) is 11.1 Å². The minimum absolute atomic E-state index is 0.129. The lowest BCUT2D eigenvalue weighted by Crippen LogP contribution is -2.24. The third-order valence-corrected chi connectivity index (χ3v) is 4.29. The van der Waals surface area contributed by atoms with Crippen LogP contribution in [0.2, 0.25) is 0 Å². The molecular weight excluding hydrogens is 300 g/mol. The maximum atomic E-state index is 12.6. The average molecular weight is 315 g/mol. The van der Waals surface area contributed by atoms with Gasteiger partial charge in [0.2, 0.25) is 0 Å². The molecule has 0 spiro atoms. The minimum Gasteiger partial charge on any atom is -0.294 e. The zero-order valence-electron chi connectivity index (χ0n) is 10.6. The Morgan fingerprint density at radius 2 is 1.89 bits per heavy atom. The first-order valence-corrected chi connectivity index (χ1v) is 7.40. The van der Waals surface area contributed by atoms with Crippen LogP contribution in [0.5, 0.6) is 0 Å². The number of fused-ring (bicyclic) bond motifs is 1. The van der Waals surface area contributed by atoms with Crippen molar-refractivity contribution in [1.82, 2.24) is 0 Å². The SMILES string of the molecule is O=C1c2cc(Br)ccc2CCC1Cc1ccccc1. The second kappa shape index (κ2) is 5.30. The lowest BCUT2D eigenvalue weighted by Gasteiger charge is -2.23. The third-order valence-electron chi connectivity index (χ3n) is 3.80. The Kier molecular flexibility index (Phi) is 3.52. The van der Waals surface area contributed by atoms with Gasteiger partial charge in [-0.25, -0.2) is 0 Å². The van der Waals surface area contributed by atoms with E-state index >= 15 is 0 Å². The highest BCUT2D eigenvalue weighted by Crippen LogP contribution is 2.29. The van der Waals surface area contributed by atoms with Crippen molar-refractivity contribution in [3.63, 3.8) is 0 Å². The molecule has 0 saturated heterocycles. The molecule has 2 heteroatoms. The molecule has 19 heavy (non-hydrogen) atoms. The Balaban J connectivity index is 1.85. The van der Waals surface area contributed by atoms with Gasteiger partial charge in [-0.1, -0.05) is 52.3 Å². The number of halogens is 1. The zero-order chi connectivity index (χ0) is 13.2. The molecule has 2 aromatic rings. The summed E-state index contributed by atoms with van der Waals surface area (Å²) in [5.41, 5.74) is 3.35. The second-order valence-electron chi connectivity index (χ2n) is 5.09. The lowest BCUT2D eigenvalue weighted by atomic mass is 9.80. The predicted molar refractivity (Wildman–Crippen MR) is 80.4 cm³/mol. The molecule has 0 saturated carbocycles. The number of aryl methyl sites for hydroxylation is 1. The molecule has 1 aliphatic carbocycles. The van der Waals surface area contributed by atoms with Gasteiger partial charge >= 0.3 is 0 Å². The smallest absolute Gasteiger partial charge is 0.166 e. The summed E-state index contributed by atoms with van der Waals surface area (Å²) < 4.78 is 0.986. The van der Waals surface area contributed by atoms with Crippen molar-refractivity contribution in [2.24, 2.45) is 5.92 Å². The van der Waals surface area contributed by atoms with Gasteiger partial charge in [0.05, 0.1) is 0 Å². The van der Waals surface area contributed by atoms with Crippen LogP contribution in [0, 0.1) is 5.92 Å². The van der Waals surface area contributed by atoms with Gasteiger partial charge in [0, 0.05) is 16.0 Å². The maximum absolute atomic E-state index is 12.6. The van der Waals surface area contributed by atoms with Crippen molar-refractivity contribution >= 4 is 21.7 Å². The molecule has 0 heterocycles. The number of rotatable bonds is 2. The van der Waals surface area contributed by atoms with E-state index in [0.29, 0.717) is 5.78 Å². The number of carbonyl (C=O) groups is 1. The molecule has 0 aromatic heterocycles. The second-order valence-corrected chi connectivity index (χ2v) is 6.01. The van der Waals surface area contributed by atoms with E-state index in [2.05, 4.69) is 34.1 Å². The van der Waals surface area contributed by atoms with Crippen molar-refractivity contribution in [3.8, 4) is 0 Å². The summed E-state index contributed by atoms with van der Waals surface area (Å²) in [6.45, 7) is 0. The Morgan fingerprint density at radius 3 is 2.68 bits per heavy atom. The summed E-state index contributed by atoms with van der Waals surface area (Å²) in [6.07, 6.45) is 2.82. The van der Waals surface area contributed by atoms with E-state index in [1.54, 1.807) is 0 Å². The molecule has 2 aromatic carbocycles. The third kappa shape index (κ3) is 2.64. The molecule has 0 amide bonds.